The highest BCUT2D eigenvalue weighted by Crippen LogP contribution is 2.51. The number of anilines is 6. The van der Waals surface area contributed by atoms with Gasteiger partial charge in [0.15, 0.2) is 5.58 Å². The van der Waals surface area contributed by atoms with E-state index in [0.717, 1.165) is 106 Å². The number of para-hydroxylation sites is 5. The predicted molar refractivity (Wildman–Crippen MR) is 274 cm³/mol. The van der Waals surface area contributed by atoms with E-state index in [0.29, 0.717) is 0 Å². The van der Waals surface area contributed by atoms with Gasteiger partial charge in [0.25, 0.3) is 0 Å². The van der Waals surface area contributed by atoms with Gasteiger partial charge in [-0.15, -0.1) is 0 Å². The van der Waals surface area contributed by atoms with Crippen LogP contribution in [0.3, 0.4) is 0 Å². The van der Waals surface area contributed by atoms with Crippen LogP contribution in [0.5, 0.6) is 11.5 Å². The molecule has 0 fully saturated rings. The van der Waals surface area contributed by atoms with Gasteiger partial charge in [0.2, 0.25) is 0 Å². The Labute approximate surface area is 382 Å². The molecule has 1 aliphatic rings. The largest absolute Gasteiger partial charge is 0.456 e. The Balaban J connectivity index is 0.881. The van der Waals surface area contributed by atoms with Gasteiger partial charge in [-0.05, 0) is 129 Å². The van der Waals surface area contributed by atoms with Crippen LogP contribution in [-0.2, 0) is 0 Å². The Morgan fingerprint density at radius 1 is 0.303 bits per heavy atom. The first-order chi connectivity index (χ1) is 32.7. The molecule has 2 heterocycles. The summed E-state index contributed by atoms with van der Waals surface area (Å²) in [5.41, 5.74) is 14.9. The highest BCUT2D eigenvalue weighted by Gasteiger charge is 2.25. The zero-order valence-corrected chi connectivity index (χ0v) is 35.8. The molecule has 310 valence electrons. The fourth-order valence-electron chi connectivity index (χ4n) is 9.98. The predicted octanol–water partition coefficient (Wildman–Crippen LogP) is 17.9. The van der Waals surface area contributed by atoms with E-state index in [4.69, 9.17) is 9.15 Å². The molecule has 1 aromatic heterocycles. The fraction of sp³-hybridized carbons (Fsp3) is 0. The van der Waals surface area contributed by atoms with Gasteiger partial charge in [-0.3, -0.25) is 0 Å². The molecule has 66 heavy (non-hydrogen) atoms. The minimum atomic E-state index is 0.851. The number of hydrogen-bond acceptors (Lipinski definition) is 4. The van der Waals surface area contributed by atoms with Crippen molar-refractivity contribution in [2.24, 2.45) is 0 Å². The smallest absolute Gasteiger partial charge is 0.159 e. The first kappa shape index (κ1) is 37.7. The van der Waals surface area contributed by atoms with Crippen LogP contribution in [0.25, 0.3) is 76.9 Å². The molecule has 0 spiro atoms. The van der Waals surface area contributed by atoms with Crippen LogP contribution in [0.2, 0.25) is 0 Å². The lowest BCUT2D eigenvalue weighted by Gasteiger charge is -2.28. The fourth-order valence-corrected chi connectivity index (χ4v) is 9.98. The highest BCUT2D eigenvalue weighted by molar-refractivity contribution is 6.18. The molecule has 0 amide bonds. The minimum Gasteiger partial charge on any atom is -0.456 e. The van der Waals surface area contributed by atoms with Crippen molar-refractivity contribution in [1.82, 2.24) is 0 Å². The summed E-state index contributed by atoms with van der Waals surface area (Å²) < 4.78 is 13.5. The molecular formula is C62H40N2O2. The van der Waals surface area contributed by atoms with Crippen LogP contribution in [-0.4, -0.2) is 0 Å². The molecule has 0 saturated carbocycles. The molecule has 11 aromatic carbocycles. The van der Waals surface area contributed by atoms with E-state index >= 15 is 0 Å². The SMILES string of the molecule is c1ccc(-c2ccccc2N(c2ccccc2)c2ccc(-c3ccc4c(c3)Oc3cccc5c3c-4cc3ccc(N(c4ccccc4)c4cccc6c4oc4ccccc46)cc35)cc2)cc1. The van der Waals surface area contributed by atoms with Crippen LogP contribution in [0.4, 0.5) is 34.1 Å². The maximum Gasteiger partial charge on any atom is 0.159 e. The van der Waals surface area contributed by atoms with Crippen LogP contribution in [0.1, 0.15) is 0 Å². The second-order valence-electron chi connectivity index (χ2n) is 16.8. The van der Waals surface area contributed by atoms with E-state index < -0.39 is 0 Å². The van der Waals surface area contributed by atoms with E-state index in [1.165, 1.54) is 16.7 Å². The first-order valence-corrected chi connectivity index (χ1v) is 22.4. The Morgan fingerprint density at radius 2 is 0.909 bits per heavy atom. The molecule has 0 saturated heterocycles. The quantitative estimate of drug-likeness (QED) is 0.143. The normalized spacial score (nSPS) is 11.8. The molecule has 0 unspecified atom stereocenters. The maximum atomic E-state index is 6.86. The minimum absolute atomic E-state index is 0.851. The van der Waals surface area contributed by atoms with E-state index in [-0.39, 0.29) is 0 Å². The zero-order chi connectivity index (χ0) is 43.6. The van der Waals surface area contributed by atoms with Gasteiger partial charge in [0, 0.05) is 50.0 Å². The van der Waals surface area contributed by atoms with E-state index in [9.17, 15) is 0 Å². The van der Waals surface area contributed by atoms with E-state index in [1.54, 1.807) is 0 Å². The first-order valence-electron chi connectivity index (χ1n) is 22.4. The number of hydrogen-bond donors (Lipinski definition) is 0. The summed E-state index contributed by atoms with van der Waals surface area (Å²) >= 11 is 0. The summed E-state index contributed by atoms with van der Waals surface area (Å²) in [5, 5.41) is 6.80. The summed E-state index contributed by atoms with van der Waals surface area (Å²) in [6.45, 7) is 0. The molecule has 1 aliphatic heterocycles. The van der Waals surface area contributed by atoms with Crippen molar-refractivity contribution in [1.29, 1.82) is 0 Å². The second-order valence-corrected chi connectivity index (χ2v) is 16.8. The Kier molecular flexibility index (Phi) is 8.81. The van der Waals surface area contributed by atoms with Gasteiger partial charge >= 0.3 is 0 Å². The summed E-state index contributed by atoms with van der Waals surface area (Å²) in [7, 11) is 0. The lowest BCUT2D eigenvalue weighted by atomic mass is 9.89. The van der Waals surface area contributed by atoms with Crippen molar-refractivity contribution >= 4 is 77.6 Å². The molecule has 13 rings (SSSR count). The maximum absolute atomic E-state index is 6.86. The van der Waals surface area contributed by atoms with E-state index in [2.05, 4.69) is 240 Å². The number of benzene rings is 11. The van der Waals surface area contributed by atoms with E-state index in [1.807, 2.05) is 12.1 Å². The van der Waals surface area contributed by atoms with Crippen LogP contribution in [0.15, 0.2) is 247 Å². The summed E-state index contributed by atoms with van der Waals surface area (Å²) in [5.74, 6) is 1.71. The van der Waals surface area contributed by atoms with Crippen molar-refractivity contribution in [2.75, 3.05) is 9.80 Å². The standard InChI is InChI=1S/C62H40N2O2/c1-4-16-42(17-5-1)49-22-10-12-26-56(49)63(45-18-6-2-7-19-45)47-34-30-41(31-35-47)43-33-37-51-55-38-44-32-36-48(40-54(44)52-24-15-29-59(61(52)55)65-60(51)39-43)64(46-20-8-3-9-21-46)57-27-14-25-53-50-23-11-13-28-58(50)66-62(53)57/h1-40H. The average molecular weight is 845 g/mol. The summed E-state index contributed by atoms with van der Waals surface area (Å²) in [6.07, 6.45) is 0. The van der Waals surface area contributed by atoms with Crippen LogP contribution >= 0.6 is 0 Å². The van der Waals surface area contributed by atoms with Crippen LogP contribution < -0.4 is 14.5 Å². The Bertz CT molecular complexity index is 3790. The van der Waals surface area contributed by atoms with Crippen LogP contribution in [0, 0.1) is 0 Å². The van der Waals surface area contributed by atoms with Crippen molar-refractivity contribution in [3.8, 4) is 44.9 Å². The molecule has 4 heteroatoms. The molecule has 0 N–H and O–H groups in total. The van der Waals surface area contributed by atoms with Gasteiger partial charge < -0.3 is 19.0 Å². The molecule has 0 radical (unpaired) electrons. The van der Waals surface area contributed by atoms with Crippen molar-refractivity contribution in [2.45, 2.75) is 0 Å². The molecule has 4 nitrogen and oxygen atoms in total. The number of ether oxygens (including phenoxy) is 1. The van der Waals surface area contributed by atoms with Gasteiger partial charge in [-0.1, -0.05) is 152 Å². The lowest BCUT2D eigenvalue weighted by Crippen LogP contribution is -2.11. The monoisotopic (exact) mass is 844 g/mol. The topological polar surface area (TPSA) is 28.9 Å². The van der Waals surface area contributed by atoms with Gasteiger partial charge in [-0.25, -0.2) is 0 Å². The molecular weight excluding hydrogens is 805 g/mol. The average Bonchev–Trinajstić information content (AvgIpc) is 3.77. The van der Waals surface area contributed by atoms with Gasteiger partial charge in [0.05, 0.1) is 11.4 Å². The third-order valence-corrected chi connectivity index (χ3v) is 13.0. The second kappa shape index (κ2) is 15.4. The molecule has 0 atom stereocenters. The third kappa shape index (κ3) is 6.22. The highest BCUT2D eigenvalue weighted by atomic mass is 16.5. The third-order valence-electron chi connectivity index (χ3n) is 13.0. The number of nitrogens with zero attached hydrogens (tertiary/aromatic N) is 2. The van der Waals surface area contributed by atoms with Crippen molar-refractivity contribution < 1.29 is 9.15 Å². The lowest BCUT2D eigenvalue weighted by molar-refractivity contribution is 0.487. The molecule has 0 aliphatic carbocycles. The van der Waals surface area contributed by atoms with Crippen molar-refractivity contribution in [3.63, 3.8) is 0 Å². The number of furan rings is 1. The summed E-state index contributed by atoms with van der Waals surface area (Å²) in [6, 6.07) is 86.1. The zero-order valence-electron chi connectivity index (χ0n) is 35.8. The Hall–Kier alpha value is -8.86. The number of rotatable bonds is 8. The Morgan fingerprint density at radius 3 is 1.71 bits per heavy atom. The van der Waals surface area contributed by atoms with Gasteiger partial charge in [-0.2, -0.15) is 0 Å². The summed E-state index contributed by atoms with van der Waals surface area (Å²) in [4.78, 5) is 4.65. The number of fused-ring (bicyclic) bond motifs is 7. The molecule has 12 aromatic rings. The van der Waals surface area contributed by atoms with Gasteiger partial charge in [0.1, 0.15) is 17.1 Å². The van der Waals surface area contributed by atoms with Crippen molar-refractivity contribution in [3.05, 3.63) is 243 Å². The molecule has 0 bridgehead atoms.